The fourth-order valence-electron chi connectivity index (χ4n) is 2.70. The van der Waals surface area contributed by atoms with Crippen LogP contribution in [0.5, 0.6) is 5.75 Å². The van der Waals surface area contributed by atoms with E-state index in [-0.39, 0.29) is 52.8 Å². The highest BCUT2D eigenvalue weighted by molar-refractivity contribution is 7.89. The molecule has 0 bridgehead atoms. The smallest absolute Gasteiger partial charge is 0.269 e. The average molecular weight is 452 g/mol. The van der Waals surface area contributed by atoms with Gasteiger partial charge in [0.25, 0.3) is 5.69 Å². The number of ether oxygens (including phenoxy) is 1. The van der Waals surface area contributed by atoms with E-state index < -0.39 is 32.6 Å². The highest BCUT2D eigenvalue weighted by Crippen LogP contribution is 2.29. The first-order valence-corrected chi connectivity index (χ1v) is 9.64. The number of rotatable bonds is 8. The van der Waals surface area contributed by atoms with Crippen molar-refractivity contribution in [3.8, 4) is 5.75 Å². The molecule has 0 aliphatic heterocycles. The molecule has 1 atom stereocenters. The van der Waals surface area contributed by atoms with Crippen LogP contribution in [0.4, 0.5) is 14.5 Å². The summed E-state index contributed by atoms with van der Waals surface area (Å²) in [6, 6.07) is 3.72. The molecule has 3 N–H and O–H groups in total. The van der Waals surface area contributed by atoms with E-state index >= 15 is 0 Å². The molecular weight excluding hydrogens is 432 g/mol. The van der Waals surface area contributed by atoms with Crippen LogP contribution >= 0.6 is 12.4 Å². The van der Waals surface area contributed by atoms with Gasteiger partial charge in [0.05, 0.1) is 16.9 Å². The van der Waals surface area contributed by atoms with Gasteiger partial charge in [-0.15, -0.1) is 12.4 Å². The minimum absolute atomic E-state index is 0. The van der Waals surface area contributed by atoms with Crippen LogP contribution in [-0.4, -0.2) is 27.0 Å². The Morgan fingerprint density at radius 2 is 1.90 bits per heavy atom. The van der Waals surface area contributed by atoms with Crippen LogP contribution in [0.1, 0.15) is 24.1 Å². The van der Waals surface area contributed by atoms with Crippen molar-refractivity contribution in [3.05, 3.63) is 63.2 Å². The molecule has 0 spiro atoms. The second-order valence-electron chi connectivity index (χ2n) is 5.87. The van der Waals surface area contributed by atoms with Crippen LogP contribution in [0, 0.1) is 21.7 Å². The third-order valence-corrected chi connectivity index (χ3v) is 5.64. The van der Waals surface area contributed by atoms with Crippen molar-refractivity contribution in [2.75, 3.05) is 13.7 Å². The lowest BCUT2D eigenvalue weighted by Gasteiger charge is -2.17. The third kappa shape index (κ3) is 5.60. The normalized spacial score (nSPS) is 12.2. The minimum Gasteiger partial charge on any atom is -0.494 e. The molecule has 8 nitrogen and oxygen atoms in total. The standard InChI is InChI=1S/C17H19F2N3O5S.ClH/c1-3-21-28(25,26)17-5-4-11(22(23)24)6-10(17)7-15(20)12-8-14(19)16(27-2)9-13(12)18;/h4-6,8-9,15,21H,3,7,20H2,1-2H3;1H/t15-;/m0./s1. The van der Waals surface area contributed by atoms with E-state index in [0.29, 0.717) is 0 Å². The maximum absolute atomic E-state index is 14.3. The van der Waals surface area contributed by atoms with Gasteiger partial charge < -0.3 is 10.5 Å². The number of non-ortho nitro benzene ring substituents is 1. The zero-order chi connectivity index (χ0) is 21.1. The Hall–Kier alpha value is -2.34. The molecule has 0 aliphatic carbocycles. The number of halogens is 3. The van der Waals surface area contributed by atoms with E-state index in [1.807, 2.05) is 0 Å². The number of nitrogens with two attached hydrogens (primary N) is 1. The largest absolute Gasteiger partial charge is 0.494 e. The van der Waals surface area contributed by atoms with Gasteiger partial charge >= 0.3 is 0 Å². The van der Waals surface area contributed by atoms with Crippen molar-refractivity contribution in [2.45, 2.75) is 24.3 Å². The lowest BCUT2D eigenvalue weighted by atomic mass is 9.98. The van der Waals surface area contributed by atoms with Crippen molar-refractivity contribution in [1.29, 1.82) is 0 Å². The van der Waals surface area contributed by atoms with Crippen LogP contribution in [0.25, 0.3) is 0 Å². The van der Waals surface area contributed by atoms with Gasteiger partial charge in [-0.3, -0.25) is 10.1 Å². The summed E-state index contributed by atoms with van der Waals surface area (Å²) in [5, 5.41) is 11.1. The third-order valence-electron chi connectivity index (χ3n) is 3.99. The van der Waals surface area contributed by atoms with Crippen molar-refractivity contribution in [1.82, 2.24) is 4.72 Å². The highest BCUT2D eigenvalue weighted by atomic mass is 35.5. The summed E-state index contributed by atoms with van der Waals surface area (Å²) < 4.78 is 59.9. The summed E-state index contributed by atoms with van der Waals surface area (Å²) >= 11 is 0. The number of methoxy groups -OCH3 is 1. The second kappa shape index (κ2) is 9.92. The van der Waals surface area contributed by atoms with Gasteiger partial charge in [-0.2, -0.15) is 0 Å². The first-order valence-electron chi connectivity index (χ1n) is 8.16. The number of benzene rings is 2. The van der Waals surface area contributed by atoms with Gasteiger partial charge in [-0.25, -0.2) is 21.9 Å². The van der Waals surface area contributed by atoms with E-state index in [9.17, 15) is 27.3 Å². The molecule has 160 valence electrons. The van der Waals surface area contributed by atoms with Crippen LogP contribution in [-0.2, 0) is 16.4 Å². The van der Waals surface area contributed by atoms with E-state index in [1.165, 1.54) is 7.11 Å². The molecule has 0 aromatic heterocycles. The topological polar surface area (TPSA) is 125 Å². The number of hydrogen-bond donors (Lipinski definition) is 2. The summed E-state index contributed by atoms with van der Waals surface area (Å²) in [4.78, 5) is 10.1. The van der Waals surface area contributed by atoms with Crippen molar-refractivity contribution < 1.29 is 26.9 Å². The summed E-state index contributed by atoms with van der Waals surface area (Å²) in [5.41, 5.74) is 5.42. The van der Waals surface area contributed by atoms with Gasteiger partial charge in [0, 0.05) is 36.3 Å². The fourth-order valence-corrected chi connectivity index (χ4v) is 3.97. The number of hydrogen-bond acceptors (Lipinski definition) is 6. The first-order chi connectivity index (χ1) is 13.1. The Morgan fingerprint density at radius 3 is 2.45 bits per heavy atom. The minimum atomic E-state index is -3.96. The SMILES string of the molecule is CCNS(=O)(=O)c1ccc([N+](=O)[O-])cc1C[C@H](N)c1cc(F)c(OC)cc1F.Cl. The molecule has 12 heteroatoms. The fraction of sp³-hybridized carbons (Fsp3) is 0.294. The van der Waals surface area contributed by atoms with E-state index in [2.05, 4.69) is 4.72 Å². The molecule has 0 amide bonds. The molecule has 2 rings (SSSR count). The monoisotopic (exact) mass is 451 g/mol. The molecule has 0 heterocycles. The Bertz CT molecular complexity index is 1000. The molecule has 0 fully saturated rings. The predicted octanol–water partition coefficient (Wildman–Crippen LogP) is 2.84. The van der Waals surface area contributed by atoms with Gasteiger partial charge in [0.15, 0.2) is 11.6 Å². The quantitative estimate of drug-likeness (QED) is 0.469. The molecular formula is C17H20ClF2N3O5S. The van der Waals surface area contributed by atoms with Gasteiger partial charge in [-0.05, 0) is 24.1 Å². The number of nitrogens with one attached hydrogen (secondary N) is 1. The number of nitrogens with zero attached hydrogens (tertiary/aromatic N) is 1. The van der Waals surface area contributed by atoms with Gasteiger partial charge in [-0.1, -0.05) is 6.92 Å². The average Bonchev–Trinajstić information content (AvgIpc) is 2.62. The predicted molar refractivity (Wildman–Crippen MR) is 105 cm³/mol. The maximum atomic E-state index is 14.3. The van der Waals surface area contributed by atoms with Crippen LogP contribution in [0.2, 0.25) is 0 Å². The van der Waals surface area contributed by atoms with Gasteiger partial charge in [0.2, 0.25) is 10.0 Å². The summed E-state index contributed by atoms with van der Waals surface area (Å²) in [6.07, 6.45) is -0.273. The molecule has 0 unspecified atom stereocenters. The molecule has 29 heavy (non-hydrogen) atoms. The molecule has 0 saturated carbocycles. The number of nitro benzene ring substituents is 1. The Labute approximate surface area is 172 Å². The molecule has 0 saturated heterocycles. The molecule has 2 aromatic rings. The molecule has 0 radical (unpaired) electrons. The maximum Gasteiger partial charge on any atom is 0.269 e. The van der Waals surface area contributed by atoms with Gasteiger partial charge in [0.1, 0.15) is 5.82 Å². The van der Waals surface area contributed by atoms with Crippen LogP contribution in [0.3, 0.4) is 0 Å². The van der Waals surface area contributed by atoms with Crippen molar-refractivity contribution >= 4 is 28.1 Å². The van der Waals surface area contributed by atoms with E-state index in [0.717, 1.165) is 30.3 Å². The summed E-state index contributed by atoms with van der Waals surface area (Å²) in [5.74, 6) is -1.99. The van der Waals surface area contributed by atoms with Crippen molar-refractivity contribution in [3.63, 3.8) is 0 Å². The van der Waals surface area contributed by atoms with Crippen LogP contribution < -0.4 is 15.2 Å². The number of nitro groups is 1. The second-order valence-corrected chi connectivity index (χ2v) is 7.60. The summed E-state index contributed by atoms with van der Waals surface area (Å²) in [6.45, 7) is 1.67. The summed E-state index contributed by atoms with van der Waals surface area (Å²) in [7, 11) is -2.78. The molecule has 0 aliphatic rings. The van der Waals surface area contributed by atoms with Crippen LogP contribution in [0.15, 0.2) is 35.2 Å². The van der Waals surface area contributed by atoms with Crippen molar-refractivity contribution in [2.24, 2.45) is 5.73 Å². The zero-order valence-electron chi connectivity index (χ0n) is 15.5. The lowest BCUT2D eigenvalue weighted by Crippen LogP contribution is -2.25. The Morgan fingerprint density at radius 1 is 1.24 bits per heavy atom. The lowest BCUT2D eigenvalue weighted by molar-refractivity contribution is -0.385. The Kier molecular flexibility index (Phi) is 8.45. The number of sulfonamides is 1. The van der Waals surface area contributed by atoms with E-state index in [1.54, 1.807) is 6.92 Å². The molecule has 2 aromatic carbocycles. The Balaban J connectivity index is 0.00000420. The highest BCUT2D eigenvalue weighted by Gasteiger charge is 2.24. The first kappa shape index (κ1) is 24.7. The zero-order valence-corrected chi connectivity index (χ0v) is 17.1. The van der Waals surface area contributed by atoms with E-state index in [4.69, 9.17) is 10.5 Å².